The molecule has 0 aliphatic rings. The Hall–Kier alpha value is -0.380. The lowest BCUT2D eigenvalue weighted by atomic mass is 10.0. The standard InChI is InChI=1S/C9H18O3/c1-4-5-12-9(7(2)3)8(11)6-10/h4,7-11H,1,5-6H2,2-3H3/t8-,9+/m1/s1. The first-order valence-electron chi connectivity index (χ1n) is 4.14. The molecular weight excluding hydrogens is 156 g/mol. The van der Waals surface area contributed by atoms with Crippen LogP contribution in [0.4, 0.5) is 0 Å². The molecule has 0 aliphatic carbocycles. The van der Waals surface area contributed by atoms with E-state index in [9.17, 15) is 5.11 Å². The average Bonchev–Trinajstić information content (AvgIpc) is 2.04. The summed E-state index contributed by atoms with van der Waals surface area (Å²) >= 11 is 0. The minimum absolute atomic E-state index is 0.187. The van der Waals surface area contributed by atoms with E-state index in [1.165, 1.54) is 0 Å². The van der Waals surface area contributed by atoms with Crippen molar-refractivity contribution in [1.29, 1.82) is 0 Å². The molecule has 0 spiro atoms. The molecule has 2 atom stereocenters. The van der Waals surface area contributed by atoms with Gasteiger partial charge in [0.15, 0.2) is 0 Å². The van der Waals surface area contributed by atoms with Crippen LogP contribution in [0.5, 0.6) is 0 Å². The van der Waals surface area contributed by atoms with Gasteiger partial charge in [0.1, 0.15) is 6.10 Å². The molecule has 0 heterocycles. The van der Waals surface area contributed by atoms with Crippen LogP contribution in [0.2, 0.25) is 0 Å². The summed E-state index contributed by atoms with van der Waals surface area (Å²) in [5.74, 6) is 0.187. The minimum atomic E-state index is -0.801. The van der Waals surface area contributed by atoms with Crippen molar-refractivity contribution in [2.75, 3.05) is 13.2 Å². The third-order valence-corrected chi connectivity index (χ3v) is 1.63. The van der Waals surface area contributed by atoms with E-state index in [1.54, 1.807) is 6.08 Å². The van der Waals surface area contributed by atoms with Crippen LogP contribution in [0.15, 0.2) is 12.7 Å². The smallest absolute Gasteiger partial charge is 0.103 e. The van der Waals surface area contributed by atoms with Crippen LogP contribution >= 0.6 is 0 Å². The number of ether oxygens (including phenoxy) is 1. The predicted molar refractivity (Wildman–Crippen MR) is 47.9 cm³/mol. The maximum Gasteiger partial charge on any atom is 0.103 e. The van der Waals surface area contributed by atoms with Gasteiger partial charge < -0.3 is 14.9 Å². The largest absolute Gasteiger partial charge is 0.394 e. The van der Waals surface area contributed by atoms with Crippen LogP contribution in [-0.4, -0.2) is 35.6 Å². The molecule has 0 aromatic carbocycles. The molecular formula is C9H18O3. The Labute approximate surface area is 73.7 Å². The lowest BCUT2D eigenvalue weighted by Gasteiger charge is -2.24. The van der Waals surface area contributed by atoms with Gasteiger partial charge in [-0.2, -0.15) is 0 Å². The highest BCUT2D eigenvalue weighted by molar-refractivity contribution is 4.74. The molecule has 72 valence electrons. The fourth-order valence-corrected chi connectivity index (χ4v) is 1.03. The Bertz CT molecular complexity index is 123. The Morgan fingerprint density at radius 2 is 2.08 bits per heavy atom. The van der Waals surface area contributed by atoms with E-state index in [4.69, 9.17) is 9.84 Å². The van der Waals surface area contributed by atoms with E-state index >= 15 is 0 Å². The highest BCUT2D eigenvalue weighted by atomic mass is 16.5. The number of aliphatic hydroxyl groups excluding tert-OH is 2. The summed E-state index contributed by atoms with van der Waals surface area (Å²) in [6.45, 7) is 7.52. The summed E-state index contributed by atoms with van der Waals surface area (Å²) in [6, 6.07) is 0. The number of hydrogen-bond donors (Lipinski definition) is 2. The van der Waals surface area contributed by atoms with Crippen molar-refractivity contribution in [2.45, 2.75) is 26.1 Å². The van der Waals surface area contributed by atoms with Gasteiger partial charge in [-0.05, 0) is 5.92 Å². The Kier molecular flexibility index (Phi) is 5.98. The van der Waals surface area contributed by atoms with Gasteiger partial charge in [0.05, 0.1) is 19.3 Å². The van der Waals surface area contributed by atoms with Crippen molar-refractivity contribution in [3.8, 4) is 0 Å². The Morgan fingerprint density at radius 1 is 1.50 bits per heavy atom. The second kappa shape index (κ2) is 6.17. The molecule has 0 fully saturated rings. The van der Waals surface area contributed by atoms with Crippen molar-refractivity contribution in [3.63, 3.8) is 0 Å². The van der Waals surface area contributed by atoms with Gasteiger partial charge in [-0.15, -0.1) is 6.58 Å². The van der Waals surface area contributed by atoms with E-state index in [0.29, 0.717) is 6.61 Å². The van der Waals surface area contributed by atoms with E-state index in [2.05, 4.69) is 6.58 Å². The first-order valence-corrected chi connectivity index (χ1v) is 4.14. The van der Waals surface area contributed by atoms with E-state index in [-0.39, 0.29) is 18.6 Å². The fraction of sp³-hybridized carbons (Fsp3) is 0.778. The third-order valence-electron chi connectivity index (χ3n) is 1.63. The molecule has 0 rings (SSSR count). The summed E-state index contributed by atoms with van der Waals surface area (Å²) < 4.78 is 5.28. The summed E-state index contributed by atoms with van der Waals surface area (Å²) in [5, 5.41) is 18.0. The van der Waals surface area contributed by atoms with Gasteiger partial charge in [0.25, 0.3) is 0 Å². The van der Waals surface area contributed by atoms with Crippen molar-refractivity contribution in [2.24, 2.45) is 5.92 Å². The highest BCUT2D eigenvalue weighted by Crippen LogP contribution is 2.10. The maximum atomic E-state index is 9.31. The zero-order valence-electron chi connectivity index (χ0n) is 7.73. The van der Waals surface area contributed by atoms with Gasteiger partial charge in [-0.25, -0.2) is 0 Å². The zero-order valence-corrected chi connectivity index (χ0v) is 7.73. The van der Waals surface area contributed by atoms with Crippen LogP contribution in [0.3, 0.4) is 0 Å². The van der Waals surface area contributed by atoms with Gasteiger partial charge in [0.2, 0.25) is 0 Å². The van der Waals surface area contributed by atoms with Crippen LogP contribution in [0, 0.1) is 5.92 Å². The van der Waals surface area contributed by atoms with Crippen LogP contribution < -0.4 is 0 Å². The first-order chi connectivity index (χ1) is 5.63. The van der Waals surface area contributed by atoms with Gasteiger partial charge in [-0.3, -0.25) is 0 Å². The van der Waals surface area contributed by atoms with Crippen molar-refractivity contribution >= 4 is 0 Å². The summed E-state index contributed by atoms with van der Waals surface area (Å²) in [5.41, 5.74) is 0. The zero-order chi connectivity index (χ0) is 9.56. The number of aliphatic hydroxyl groups is 2. The summed E-state index contributed by atoms with van der Waals surface area (Å²) in [6.07, 6.45) is 0.511. The topological polar surface area (TPSA) is 49.7 Å². The molecule has 2 N–H and O–H groups in total. The quantitative estimate of drug-likeness (QED) is 0.579. The monoisotopic (exact) mass is 174 g/mol. The van der Waals surface area contributed by atoms with Crippen LogP contribution in [-0.2, 0) is 4.74 Å². The number of rotatable bonds is 6. The Morgan fingerprint density at radius 3 is 2.42 bits per heavy atom. The van der Waals surface area contributed by atoms with Gasteiger partial charge in [-0.1, -0.05) is 19.9 Å². The number of hydrogen-bond acceptors (Lipinski definition) is 3. The average molecular weight is 174 g/mol. The van der Waals surface area contributed by atoms with Crippen molar-refractivity contribution < 1.29 is 14.9 Å². The molecule has 3 heteroatoms. The van der Waals surface area contributed by atoms with Crippen molar-refractivity contribution in [1.82, 2.24) is 0 Å². The molecule has 0 saturated heterocycles. The second-order valence-corrected chi connectivity index (χ2v) is 3.08. The molecule has 0 aromatic heterocycles. The van der Waals surface area contributed by atoms with Gasteiger partial charge >= 0.3 is 0 Å². The third kappa shape index (κ3) is 3.85. The first kappa shape index (κ1) is 11.6. The normalized spacial score (nSPS) is 16.1. The molecule has 0 saturated carbocycles. The Balaban J connectivity index is 3.93. The molecule has 0 amide bonds. The lowest BCUT2D eigenvalue weighted by Crippen LogP contribution is -2.36. The molecule has 0 bridgehead atoms. The molecule has 0 radical (unpaired) electrons. The lowest BCUT2D eigenvalue weighted by molar-refractivity contribution is -0.0703. The van der Waals surface area contributed by atoms with E-state index in [0.717, 1.165) is 0 Å². The summed E-state index contributed by atoms with van der Waals surface area (Å²) in [4.78, 5) is 0. The fourth-order valence-electron chi connectivity index (χ4n) is 1.03. The van der Waals surface area contributed by atoms with Gasteiger partial charge in [0, 0.05) is 0 Å². The highest BCUT2D eigenvalue weighted by Gasteiger charge is 2.21. The SMILES string of the molecule is C=CCO[C@@H](C(C)C)[C@H](O)CO. The minimum Gasteiger partial charge on any atom is -0.394 e. The molecule has 12 heavy (non-hydrogen) atoms. The summed E-state index contributed by atoms with van der Waals surface area (Å²) in [7, 11) is 0. The predicted octanol–water partition coefficient (Wildman–Crippen LogP) is 0.567. The molecule has 0 aromatic rings. The van der Waals surface area contributed by atoms with E-state index in [1.807, 2.05) is 13.8 Å². The van der Waals surface area contributed by atoms with Crippen LogP contribution in [0.25, 0.3) is 0 Å². The molecule has 0 aliphatic heterocycles. The molecule has 3 nitrogen and oxygen atoms in total. The molecule has 0 unspecified atom stereocenters. The van der Waals surface area contributed by atoms with E-state index < -0.39 is 6.10 Å². The van der Waals surface area contributed by atoms with Crippen molar-refractivity contribution in [3.05, 3.63) is 12.7 Å². The van der Waals surface area contributed by atoms with Crippen LogP contribution in [0.1, 0.15) is 13.8 Å². The maximum absolute atomic E-state index is 9.31. The second-order valence-electron chi connectivity index (χ2n) is 3.08.